The Morgan fingerprint density at radius 3 is 1.57 bits per heavy atom. The molecule has 9 heteroatoms. The first kappa shape index (κ1) is 16.8. The van der Waals surface area contributed by atoms with Gasteiger partial charge in [0.15, 0.2) is 40.7 Å². The standard InChI is InChI=1S/C14H6F7NO/c1-3(2)14(23)22-13-5-4(7(16)11(20)12(13)21)6(15)9(18)10(19)8(5)17/h1H2,2H3,(H,22,23). The van der Waals surface area contributed by atoms with Gasteiger partial charge in [0.05, 0.1) is 16.5 Å². The van der Waals surface area contributed by atoms with Gasteiger partial charge < -0.3 is 5.32 Å². The average molecular weight is 337 g/mol. The summed E-state index contributed by atoms with van der Waals surface area (Å²) < 4.78 is 94.9. The maximum absolute atomic E-state index is 13.8. The molecule has 1 N–H and O–H groups in total. The van der Waals surface area contributed by atoms with Crippen molar-refractivity contribution in [3.05, 3.63) is 52.9 Å². The van der Waals surface area contributed by atoms with Crippen LogP contribution in [0.2, 0.25) is 0 Å². The maximum Gasteiger partial charge on any atom is 0.250 e. The molecule has 23 heavy (non-hydrogen) atoms. The van der Waals surface area contributed by atoms with Gasteiger partial charge in [0, 0.05) is 5.57 Å². The number of benzene rings is 2. The molecule has 0 fully saturated rings. The molecule has 0 aromatic heterocycles. The molecule has 1 amide bonds. The zero-order valence-corrected chi connectivity index (χ0v) is 11.3. The van der Waals surface area contributed by atoms with Crippen LogP contribution in [-0.2, 0) is 4.79 Å². The highest BCUT2D eigenvalue weighted by Crippen LogP contribution is 2.37. The number of carbonyl (C=O) groups excluding carboxylic acids is 1. The molecule has 2 aromatic rings. The van der Waals surface area contributed by atoms with Crippen molar-refractivity contribution in [2.45, 2.75) is 6.92 Å². The molecule has 0 saturated heterocycles. The predicted molar refractivity (Wildman–Crippen MR) is 67.1 cm³/mol. The van der Waals surface area contributed by atoms with Gasteiger partial charge in [-0.25, -0.2) is 30.7 Å². The lowest BCUT2D eigenvalue weighted by atomic mass is 10.0. The lowest BCUT2D eigenvalue weighted by Crippen LogP contribution is -2.16. The Labute approximate surface area is 124 Å². The zero-order valence-electron chi connectivity index (χ0n) is 11.3. The molecule has 2 rings (SSSR count). The van der Waals surface area contributed by atoms with Crippen molar-refractivity contribution in [1.29, 1.82) is 0 Å². The average Bonchev–Trinajstić information content (AvgIpc) is 2.50. The number of fused-ring (bicyclic) bond motifs is 1. The molecule has 2 nitrogen and oxygen atoms in total. The first-order valence-corrected chi connectivity index (χ1v) is 5.88. The highest BCUT2D eigenvalue weighted by atomic mass is 19.2. The van der Waals surface area contributed by atoms with Crippen molar-refractivity contribution in [2.75, 3.05) is 5.32 Å². The molecule has 122 valence electrons. The Bertz CT molecular complexity index is 868. The molecule has 0 saturated carbocycles. The molecule has 2 aromatic carbocycles. The van der Waals surface area contributed by atoms with Crippen LogP contribution in [0.5, 0.6) is 0 Å². The SMILES string of the molecule is C=C(C)C(=O)Nc1c(F)c(F)c(F)c2c(F)c(F)c(F)c(F)c12. The monoisotopic (exact) mass is 337 g/mol. The summed E-state index contributed by atoms with van der Waals surface area (Å²) in [6.45, 7) is 4.31. The van der Waals surface area contributed by atoms with E-state index in [4.69, 9.17) is 0 Å². The summed E-state index contributed by atoms with van der Waals surface area (Å²) in [5.41, 5.74) is -1.62. The number of hydrogen-bond donors (Lipinski definition) is 1. The third kappa shape index (κ3) is 2.41. The van der Waals surface area contributed by atoms with Crippen LogP contribution < -0.4 is 5.32 Å². The highest BCUT2D eigenvalue weighted by Gasteiger charge is 2.31. The van der Waals surface area contributed by atoms with Crippen LogP contribution in [-0.4, -0.2) is 5.91 Å². The van der Waals surface area contributed by atoms with Gasteiger partial charge >= 0.3 is 0 Å². The molecule has 0 radical (unpaired) electrons. The van der Waals surface area contributed by atoms with Gasteiger partial charge in [0.1, 0.15) is 0 Å². The summed E-state index contributed by atoms with van der Waals surface area (Å²) in [6, 6.07) is 0. The van der Waals surface area contributed by atoms with Crippen LogP contribution in [0, 0.1) is 40.7 Å². The lowest BCUT2D eigenvalue weighted by Gasteiger charge is -2.14. The van der Waals surface area contributed by atoms with Crippen molar-refractivity contribution < 1.29 is 35.5 Å². The number of anilines is 1. The van der Waals surface area contributed by atoms with Gasteiger partial charge in [-0.3, -0.25) is 4.79 Å². The van der Waals surface area contributed by atoms with Gasteiger partial charge in [-0.1, -0.05) is 6.58 Å². The van der Waals surface area contributed by atoms with E-state index in [0.717, 1.165) is 6.92 Å². The Kier molecular flexibility index (Phi) is 4.06. The second-order valence-corrected chi connectivity index (χ2v) is 4.56. The van der Waals surface area contributed by atoms with E-state index in [1.54, 1.807) is 5.32 Å². The smallest absolute Gasteiger partial charge is 0.250 e. The van der Waals surface area contributed by atoms with Crippen molar-refractivity contribution in [1.82, 2.24) is 0 Å². The van der Waals surface area contributed by atoms with E-state index in [2.05, 4.69) is 6.58 Å². The number of carbonyl (C=O) groups is 1. The Hall–Kier alpha value is -2.58. The summed E-state index contributed by atoms with van der Waals surface area (Å²) in [7, 11) is 0. The molecular weight excluding hydrogens is 331 g/mol. The third-order valence-electron chi connectivity index (χ3n) is 2.97. The quantitative estimate of drug-likeness (QED) is 0.376. The molecule has 0 aliphatic heterocycles. The number of hydrogen-bond acceptors (Lipinski definition) is 1. The fourth-order valence-corrected chi connectivity index (χ4v) is 1.84. The minimum absolute atomic E-state index is 0.245. The van der Waals surface area contributed by atoms with Gasteiger partial charge in [-0.05, 0) is 6.92 Å². The molecule has 0 atom stereocenters. The van der Waals surface area contributed by atoms with E-state index in [1.165, 1.54) is 0 Å². The van der Waals surface area contributed by atoms with Gasteiger partial charge in [-0.2, -0.15) is 0 Å². The predicted octanol–water partition coefficient (Wildman–Crippen LogP) is 4.33. The second kappa shape index (κ2) is 5.56. The van der Waals surface area contributed by atoms with Crippen LogP contribution in [0.1, 0.15) is 6.92 Å². The van der Waals surface area contributed by atoms with Crippen molar-refractivity contribution in [3.63, 3.8) is 0 Å². The molecule has 0 aliphatic carbocycles. The van der Waals surface area contributed by atoms with E-state index in [-0.39, 0.29) is 5.57 Å². The fraction of sp³-hybridized carbons (Fsp3) is 0.0714. The van der Waals surface area contributed by atoms with Gasteiger partial charge in [0.2, 0.25) is 0 Å². The normalized spacial score (nSPS) is 11.0. The van der Waals surface area contributed by atoms with Crippen molar-refractivity contribution in [3.8, 4) is 0 Å². The number of amides is 1. The topological polar surface area (TPSA) is 29.1 Å². The van der Waals surface area contributed by atoms with Crippen molar-refractivity contribution in [2.24, 2.45) is 0 Å². The number of rotatable bonds is 2. The molecule has 0 bridgehead atoms. The first-order valence-electron chi connectivity index (χ1n) is 5.88. The van der Waals surface area contributed by atoms with Gasteiger partial charge in [-0.15, -0.1) is 0 Å². The second-order valence-electron chi connectivity index (χ2n) is 4.56. The molecule has 0 spiro atoms. The number of halogens is 7. The van der Waals surface area contributed by atoms with Crippen LogP contribution in [0.15, 0.2) is 12.2 Å². The third-order valence-corrected chi connectivity index (χ3v) is 2.97. The van der Waals surface area contributed by atoms with Gasteiger partial charge in [0.25, 0.3) is 5.91 Å². The van der Waals surface area contributed by atoms with E-state index in [9.17, 15) is 35.5 Å². The molecule has 0 unspecified atom stereocenters. The summed E-state index contributed by atoms with van der Waals surface area (Å²) >= 11 is 0. The minimum atomic E-state index is -2.41. The number of nitrogens with one attached hydrogen (secondary N) is 1. The first-order chi connectivity index (χ1) is 10.6. The van der Waals surface area contributed by atoms with Crippen molar-refractivity contribution >= 4 is 22.4 Å². The summed E-state index contributed by atoms with van der Waals surface area (Å²) in [6.07, 6.45) is 0. The van der Waals surface area contributed by atoms with E-state index in [0.29, 0.717) is 0 Å². The highest BCUT2D eigenvalue weighted by molar-refractivity contribution is 6.08. The summed E-state index contributed by atoms with van der Waals surface area (Å²) in [4.78, 5) is 11.5. The molecular formula is C14H6F7NO. The Balaban J connectivity index is 3.02. The summed E-state index contributed by atoms with van der Waals surface area (Å²) in [5.74, 6) is -17.0. The van der Waals surface area contributed by atoms with Crippen LogP contribution in [0.3, 0.4) is 0 Å². The largest absolute Gasteiger partial charge is 0.319 e. The Morgan fingerprint density at radius 2 is 1.13 bits per heavy atom. The lowest BCUT2D eigenvalue weighted by molar-refractivity contribution is -0.112. The fourth-order valence-electron chi connectivity index (χ4n) is 1.84. The van der Waals surface area contributed by atoms with Crippen LogP contribution in [0.4, 0.5) is 36.4 Å². The molecule has 0 aliphatic rings. The minimum Gasteiger partial charge on any atom is -0.319 e. The zero-order chi connectivity index (χ0) is 17.6. The van der Waals surface area contributed by atoms with E-state index >= 15 is 0 Å². The maximum atomic E-state index is 13.8. The van der Waals surface area contributed by atoms with Crippen LogP contribution in [0.25, 0.3) is 10.8 Å². The molecule has 0 heterocycles. The van der Waals surface area contributed by atoms with E-state index in [1.807, 2.05) is 0 Å². The van der Waals surface area contributed by atoms with E-state index < -0.39 is 63.1 Å². The summed E-state index contributed by atoms with van der Waals surface area (Å²) in [5, 5.41) is -1.53. The Morgan fingerprint density at radius 1 is 0.739 bits per heavy atom. The van der Waals surface area contributed by atoms with Crippen LogP contribution >= 0.6 is 0 Å².